The molecular weight excluding hydrogens is 264 g/mol. The summed E-state index contributed by atoms with van der Waals surface area (Å²) in [5.41, 5.74) is -0.467. The minimum atomic E-state index is -0.467. The topological polar surface area (TPSA) is 66.0 Å². The van der Waals surface area contributed by atoms with Crippen molar-refractivity contribution < 1.29 is 9.53 Å². The van der Waals surface area contributed by atoms with Crippen molar-refractivity contribution in [3.8, 4) is 0 Å². The van der Waals surface area contributed by atoms with Crippen molar-refractivity contribution in [1.29, 1.82) is 0 Å². The summed E-state index contributed by atoms with van der Waals surface area (Å²) in [5, 5.41) is 6.08. The molecule has 0 saturated carbocycles. The van der Waals surface area contributed by atoms with Crippen LogP contribution in [-0.2, 0) is 4.74 Å². The number of hydrogen-bond donors (Lipinski definition) is 2. The van der Waals surface area contributed by atoms with Gasteiger partial charge in [-0.2, -0.15) is 0 Å². The number of thiocarbonyl (C=S) groups is 1. The molecule has 0 aliphatic rings. The van der Waals surface area contributed by atoms with Gasteiger partial charge in [-0.1, -0.05) is 0 Å². The van der Waals surface area contributed by atoms with E-state index in [2.05, 4.69) is 15.6 Å². The molecule has 0 aromatic rings. The van der Waals surface area contributed by atoms with Gasteiger partial charge in [0.25, 0.3) is 0 Å². The molecule has 0 aromatic carbocycles. The maximum Gasteiger partial charge on any atom is 0.407 e. The first-order chi connectivity index (χ1) is 8.70. The molecule has 0 unspecified atom stereocenters. The lowest BCUT2D eigenvalue weighted by Gasteiger charge is -2.19. The van der Waals surface area contributed by atoms with Gasteiger partial charge in [-0.05, 0) is 39.4 Å². The SMILES string of the molecule is CN(C)C=NC(=S)NCCCNC(=O)OC(C)(C)C. The minimum absolute atomic E-state index is 0.402. The lowest BCUT2D eigenvalue weighted by atomic mass is 10.2. The summed E-state index contributed by atoms with van der Waals surface area (Å²) in [5.74, 6) is 0. The standard InChI is InChI=1S/C12H24N4O2S/c1-12(2,3)18-11(17)14-8-6-7-13-10(19)15-9-16(4)5/h9H,6-8H2,1-5H3,(H,13,19)(H,14,17). The van der Waals surface area contributed by atoms with Gasteiger partial charge in [0, 0.05) is 27.2 Å². The second kappa shape index (κ2) is 8.68. The number of hydrogen-bond acceptors (Lipinski definition) is 3. The summed E-state index contributed by atoms with van der Waals surface area (Å²) in [7, 11) is 3.74. The molecule has 110 valence electrons. The van der Waals surface area contributed by atoms with Crippen LogP contribution in [0.3, 0.4) is 0 Å². The number of alkyl carbamates (subject to hydrolysis) is 1. The number of rotatable bonds is 5. The lowest BCUT2D eigenvalue weighted by Crippen LogP contribution is -2.34. The van der Waals surface area contributed by atoms with Crippen molar-refractivity contribution in [3.63, 3.8) is 0 Å². The van der Waals surface area contributed by atoms with E-state index in [1.807, 2.05) is 34.9 Å². The van der Waals surface area contributed by atoms with Gasteiger partial charge in [0.05, 0.1) is 6.34 Å². The molecule has 0 spiro atoms. The van der Waals surface area contributed by atoms with Crippen molar-refractivity contribution in [2.24, 2.45) is 4.99 Å². The van der Waals surface area contributed by atoms with Crippen LogP contribution < -0.4 is 10.6 Å². The van der Waals surface area contributed by atoms with Crippen molar-refractivity contribution >= 4 is 29.8 Å². The van der Waals surface area contributed by atoms with E-state index in [0.29, 0.717) is 18.2 Å². The van der Waals surface area contributed by atoms with Gasteiger partial charge >= 0.3 is 6.09 Å². The first kappa shape index (κ1) is 17.6. The zero-order valence-electron chi connectivity index (χ0n) is 12.3. The number of carbonyl (C=O) groups excluding carboxylic acids is 1. The Hall–Kier alpha value is -1.37. The molecule has 0 bridgehead atoms. The number of amides is 1. The van der Waals surface area contributed by atoms with Crippen LogP contribution in [0, 0.1) is 0 Å². The Kier molecular flexibility index (Phi) is 8.06. The largest absolute Gasteiger partial charge is 0.444 e. The highest BCUT2D eigenvalue weighted by Crippen LogP contribution is 2.06. The Morgan fingerprint density at radius 1 is 1.32 bits per heavy atom. The first-order valence-corrected chi connectivity index (χ1v) is 6.57. The van der Waals surface area contributed by atoms with Crippen LogP contribution in [0.4, 0.5) is 4.79 Å². The third-order valence-corrected chi connectivity index (χ3v) is 1.95. The predicted octanol–water partition coefficient (Wildman–Crippen LogP) is 1.37. The second-order valence-corrected chi connectivity index (χ2v) is 5.61. The van der Waals surface area contributed by atoms with Crippen LogP contribution in [0.2, 0.25) is 0 Å². The molecule has 0 radical (unpaired) electrons. The molecule has 0 aromatic heterocycles. The van der Waals surface area contributed by atoms with Crippen LogP contribution in [0.25, 0.3) is 0 Å². The summed E-state index contributed by atoms with van der Waals surface area (Å²) >= 11 is 5.00. The summed E-state index contributed by atoms with van der Waals surface area (Å²) in [6.07, 6.45) is 1.98. The summed E-state index contributed by atoms with van der Waals surface area (Å²) in [6, 6.07) is 0. The van der Waals surface area contributed by atoms with Gasteiger partial charge in [0.15, 0.2) is 5.11 Å². The molecular formula is C12H24N4O2S. The Balaban J connectivity index is 3.60. The van der Waals surface area contributed by atoms with E-state index in [9.17, 15) is 4.79 Å². The average molecular weight is 288 g/mol. The van der Waals surface area contributed by atoms with Crippen LogP contribution in [0.5, 0.6) is 0 Å². The summed E-state index contributed by atoms with van der Waals surface area (Å²) in [6.45, 7) is 6.67. The number of nitrogens with zero attached hydrogens (tertiary/aromatic N) is 2. The summed E-state index contributed by atoms with van der Waals surface area (Å²) in [4.78, 5) is 17.1. The quantitative estimate of drug-likeness (QED) is 0.346. The number of carbonyl (C=O) groups is 1. The molecule has 2 N–H and O–H groups in total. The normalized spacial score (nSPS) is 11.2. The molecule has 1 amide bonds. The van der Waals surface area contributed by atoms with Crippen molar-refractivity contribution in [3.05, 3.63) is 0 Å². The molecule has 6 nitrogen and oxygen atoms in total. The zero-order chi connectivity index (χ0) is 14.9. The van der Waals surface area contributed by atoms with Crippen LogP contribution >= 0.6 is 12.2 Å². The van der Waals surface area contributed by atoms with Gasteiger partial charge in [-0.3, -0.25) is 0 Å². The fraction of sp³-hybridized carbons (Fsp3) is 0.750. The van der Waals surface area contributed by atoms with E-state index in [4.69, 9.17) is 17.0 Å². The van der Waals surface area contributed by atoms with E-state index < -0.39 is 11.7 Å². The highest BCUT2D eigenvalue weighted by atomic mass is 32.1. The molecule has 7 heteroatoms. The van der Waals surface area contributed by atoms with E-state index in [-0.39, 0.29) is 0 Å². The predicted molar refractivity (Wildman–Crippen MR) is 81.6 cm³/mol. The Morgan fingerprint density at radius 3 is 2.42 bits per heavy atom. The lowest BCUT2D eigenvalue weighted by molar-refractivity contribution is 0.0527. The molecule has 0 fully saturated rings. The highest BCUT2D eigenvalue weighted by Gasteiger charge is 2.15. The molecule has 19 heavy (non-hydrogen) atoms. The highest BCUT2D eigenvalue weighted by molar-refractivity contribution is 7.80. The molecule has 0 rings (SSSR count). The molecule has 0 saturated heterocycles. The number of nitrogens with one attached hydrogen (secondary N) is 2. The molecule has 0 atom stereocenters. The Bertz CT molecular complexity index is 324. The van der Waals surface area contributed by atoms with Gasteiger partial charge in [0.1, 0.15) is 5.60 Å². The maximum absolute atomic E-state index is 11.3. The monoisotopic (exact) mass is 288 g/mol. The molecule has 0 heterocycles. The fourth-order valence-corrected chi connectivity index (χ4v) is 1.15. The fourth-order valence-electron chi connectivity index (χ4n) is 1.00. The van der Waals surface area contributed by atoms with Crippen LogP contribution in [-0.4, -0.2) is 55.2 Å². The third kappa shape index (κ3) is 12.9. The minimum Gasteiger partial charge on any atom is -0.444 e. The maximum atomic E-state index is 11.3. The number of aliphatic imine (C=N–C) groups is 1. The van der Waals surface area contributed by atoms with E-state index >= 15 is 0 Å². The van der Waals surface area contributed by atoms with Crippen molar-refractivity contribution in [2.45, 2.75) is 32.8 Å². The zero-order valence-corrected chi connectivity index (χ0v) is 13.1. The van der Waals surface area contributed by atoms with Gasteiger partial charge in [-0.25, -0.2) is 9.79 Å². The van der Waals surface area contributed by atoms with E-state index in [0.717, 1.165) is 6.42 Å². The third-order valence-electron chi connectivity index (χ3n) is 1.70. The Labute approximate surface area is 120 Å². The second-order valence-electron chi connectivity index (χ2n) is 5.22. The Morgan fingerprint density at radius 2 is 1.89 bits per heavy atom. The molecule has 0 aliphatic heterocycles. The van der Waals surface area contributed by atoms with Crippen LogP contribution in [0.1, 0.15) is 27.2 Å². The van der Waals surface area contributed by atoms with E-state index in [1.54, 1.807) is 11.2 Å². The van der Waals surface area contributed by atoms with E-state index in [1.165, 1.54) is 0 Å². The van der Waals surface area contributed by atoms with Gasteiger partial charge < -0.3 is 20.3 Å². The van der Waals surface area contributed by atoms with Crippen molar-refractivity contribution in [1.82, 2.24) is 15.5 Å². The van der Waals surface area contributed by atoms with Crippen LogP contribution in [0.15, 0.2) is 4.99 Å². The molecule has 0 aliphatic carbocycles. The average Bonchev–Trinajstić information content (AvgIpc) is 2.23. The van der Waals surface area contributed by atoms with Gasteiger partial charge in [0.2, 0.25) is 0 Å². The number of ether oxygens (including phenoxy) is 1. The smallest absolute Gasteiger partial charge is 0.407 e. The van der Waals surface area contributed by atoms with Gasteiger partial charge in [-0.15, -0.1) is 0 Å². The van der Waals surface area contributed by atoms with Crippen molar-refractivity contribution in [2.75, 3.05) is 27.2 Å². The summed E-state index contributed by atoms with van der Waals surface area (Å²) < 4.78 is 5.11. The first-order valence-electron chi connectivity index (χ1n) is 6.16.